The number of urea groups is 1. The number of nitriles is 1. The van der Waals surface area contributed by atoms with E-state index in [2.05, 4.69) is 20.8 Å². The van der Waals surface area contributed by atoms with Crippen molar-refractivity contribution in [3.8, 4) is 6.07 Å². The summed E-state index contributed by atoms with van der Waals surface area (Å²) >= 11 is 0. The van der Waals surface area contributed by atoms with Crippen LogP contribution in [0.3, 0.4) is 0 Å². The first-order valence-electron chi connectivity index (χ1n) is 5.58. The van der Waals surface area contributed by atoms with E-state index in [4.69, 9.17) is 9.78 Å². The molecule has 7 nitrogen and oxygen atoms in total. The van der Waals surface area contributed by atoms with Gasteiger partial charge in [-0.25, -0.2) is 4.79 Å². The summed E-state index contributed by atoms with van der Waals surface area (Å²) in [6, 6.07) is 8.32. The summed E-state index contributed by atoms with van der Waals surface area (Å²) in [6.07, 6.45) is 1.77. The number of anilines is 1. The van der Waals surface area contributed by atoms with Crippen molar-refractivity contribution in [2.75, 3.05) is 11.9 Å². The Hall–Kier alpha value is -2.88. The van der Waals surface area contributed by atoms with Crippen LogP contribution in [0.1, 0.15) is 11.5 Å². The Morgan fingerprint density at radius 2 is 2.37 bits per heavy atom. The zero-order valence-corrected chi connectivity index (χ0v) is 9.96. The van der Waals surface area contributed by atoms with Gasteiger partial charge in [-0.05, 0) is 18.2 Å². The van der Waals surface area contributed by atoms with Crippen molar-refractivity contribution in [1.29, 1.82) is 5.26 Å². The summed E-state index contributed by atoms with van der Waals surface area (Å²) < 4.78 is 4.79. The number of amides is 2. The van der Waals surface area contributed by atoms with E-state index >= 15 is 0 Å². The molecule has 2 aromatic rings. The Bertz CT molecular complexity index is 588. The molecule has 0 fully saturated rings. The minimum absolute atomic E-state index is 0.352. The van der Waals surface area contributed by atoms with Crippen LogP contribution in [0.2, 0.25) is 0 Å². The number of hydrogen-bond donors (Lipinski definition) is 2. The van der Waals surface area contributed by atoms with Crippen molar-refractivity contribution in [3.05, 3.63) is 42.0 Å². The highest BCUT2D eigenvalue weighted by molar-refractivity contribution is 5.89. The van der Waals surface area contributed by atoms with Gasteiger partial charge in [0.05, 0.1) is 11.6 Å². The van der Waals surface area contributed by atoms with Crippen LogP contribution in [0.5, 0.6) is 0 Å². The number of nitrogens with zero attached hydrogens (tertiary/aromatic N) is 3. The maximum atomic E-state index is 11.6. The number of rotatable bonds is 4. The smallest absolute Gasteiger partial charge is 0.319 e. The lowest BCUT2D eigenvalue weighted by molar-refractivity contribution is 0.252. The largest absolute Gasteiger partial charge is 0.340 e. The highest BCUT2D eigenvalue weighted by Gasteiger charge is 2.03. The second-order valence-electron chi connectivity index (χ2n) is 3.66. The molecule has 0 saturated heterocycles. The second kappa shape index (κ2) is 6.16. The third-order valence-electron chi connectivity index (χ3n) is 2.28. The monoisotopic (exact) mass is 257 g/mol. The molecule has 96 valence electrons. The van der Waals surface area contributed by atoms with Gasteiger partial charge in [0.15, 0.2) is 6.33 Å². The van der Waals surface area contributed by atoms with E-state index in [0.29, 0.717) is 30.1 Å². The van der Waals surface area contributed by atoms with Crippen molar-refractivity contribution in [2.24, 2.45) is 0 Å². The van der Waals surface area contributed by atoms with Gasteiger partial charge in [0.25, 0.3) is 0 Å². The molecule has 0 atom stereocenters. The van der Waals surface area contributed by atoms with Crippen LogP contribution in [0.15, 0.2) is 35.1 Å². The molecule has 0 bridgehead atoms. The maximum Gasteiger partial charge on any atom is 0.319 e. The van der Waals surface area contributed by atoms with E-state index in [0.717, 1.165) is 0 Å². The minimum Gasteiger partial charge on any atom is -0.340 e. The zero-order valence-electron chi connectivity index (χ0n) is 9.96. The van der Waals surface area contributed by atoms with Crippen LogP contribution in [0, 0.1) is 11.3 Å². The Kier molecular flexibility index (Phi) is 4.08. The van der Waals surface area contributed by atoms with Crippen molar-refractivity contribution in [1.82, 2.24) is 15.5 Å². The molecule has 1 aromatic carbocycles. The van der Waals surface area contributed by atoms with Gasteiger partial charge in [-0.3, -0.25) is 0 Å². The summed E-state index contributed by atoms with van der Waals surface area (Å²) in [4.78, 5) is 15.4. The van der Waals surface area contributed by atoms with Crippen molar-refractivity contribution in [2.45, 2.75) is 6.42 Å². The van der Waals surface area contributed by atoms with Gasteiger partial charge < -0.3 is 15.2 Å². The van der Waals surface area contributed by atoms with E-state index in [1.54, 1.807) is 24.3 Å². The van der Waals surface area contributed by atoms with Gasteiger partial charge in [0.2, 0.25) is 5.89 Å². The molecule has 0 radical (unpaired) electrons. The Labute approximate surface area is 109 Å². The number of hydrogen-bond acceptors (Lipinski definition) is 5. The number of carbonyl (C=O) groups is 1. The van der Waals surface area contributed by atoms with Gasteiger partial charge in [-0.1, -0.05) is 11.2 Å². The standard InChI is InChI=1S/C12H11N5O2/c13-7-9-2-1-3-10(6-9)17-12(18)14-5-4-11-15-8-16-19-11/h1-3,6,8H,4-5H2,(H2,14,17,18). The molecule has 0 saturated carbocycles. The normalized spacial score (nSPS) is 9.63. The van der Waals surface area contributed by atoms with Gasteiger partial charge in [0, 0.05) is 18.7 Å². The van der Waals surface area contributed by atoms with Gasteiger partial charge in [-0.2, -0.15) is 10.2 Å². The molecule has 0 aliphatic carbocycles. The van der Waals surface area contributed by atoms with Crippen molar-refractivity contribution < 1.29 is 9.32 Å². The molecule has 2 amide bonds. The lowest BCUT2D eigenvalue weighted by atomic mass is 10.2. The topological polar surface area (TPSA) is 104 Å². The number of aromatic nitrogens is 2. The molecule has 0 unspecified atom stereocenters. The predicted octanol–water partition coefficient (Wildman–Crippen LogP) is 1.31. The van der Waals surface area contributed by atoms with Crippen LogP contribution in [-0.2, 0) is 6.42 Å². The molecule has 1 aromatic heterocycles. The molecule has 0 aliphatic rings. The number of carbonyl (C=O) groups excluding carboxylic acids is 1. The fourth-order valence-corrected chi connectivity index (χ4v) is 1.43. The van der Waals surface area contributed by atoms with Crippen LogP contribution < -0.4 is 10.6 Å². The highest BCUT2D eigenvalue weighted by atomic mass is 16.5. The lowest BCUT2D eigenvalue weighted by Gasteiger charge is -2.06. The van der Waals surface area contributed by atoms with E-state index in [9.17, 15) is 4.79 Å². The number of nitrogens with one attached hydrogen (secondary N) is 2. The summed E-state index contributed by atoms with van der Waals surface area (Å²) in [5, 5.41) is 17.5. The third kappa shape index (κ3) is 3.81. The SMILES string of the molecule is N#Cc1cccc(NC(=O)NCCc2ncno2)c1. The first-order chi connectivity index (χ1) is 9.28. The van der Waals surface area contributed by atoms with E-state index in [1.807, 2.05) is 6.07 Å². The molecule has 1 heterocycles. The number of benzene rings is 1. The third-order valence-corrected chi connectivity index (χ3v) is 2.28. The lowest BCUT2D eigenvalue weighted by Crippen LogP contribution is -2.30. The first kappa shape index (κ1) is 12.6. The predicted molar refractivity (Wildman–Crippen MR) is 66.2 cm³/mol. The van der Waals surface area contributed by atoms with Crippen molar-refractivity contribution >= 4 is 11.7 Å². The van der Waals surface area contributed by atoms with Crippen LogP contribution in [0.4, 0.5) is 10.5 Å². The Morgan fingerprint density at radius 1 is 1.47 bits per heavy atom. The zero-order chi connectivity index (χ0) is 13.5. The second-order valence-corrected chi connectivity index (χ2v) is 3.66. The van der Waals surface area contributed by atoms with E-state index in [1.165, 1.54) is 6.33 Å². The van der Waals surface area contributed by atoms with Crippen LogP contribution in [-0.4, -0.2) is 22.7 Å². The highest BCUT2D eigenvalue weighted by Crippen LogP contribution is 2.09. The average Bonchev–Trinajstić information content (AvgIpc) is 2.92. The minimum atomic E-state index is -0.352. The first-order valence-corrected chi connectivity index (χ1v) is 5.58. The molecular weight excluding hydrogens is 246 g/mol. The summed E-state index contributed by atoms with van der Waals surface area (Å²) in [7, 11) is 0. The molecule has 2 N–H and O–H groups in total. The Balaban J connectivity index is 1.79. The van der Waals surface area contributed by atoms with Gasteiger partial charge >= 0.3 is 6.03 Å². The molecule has 19 heavy (non-hydrogen) atoms. The van der Waals surface area contributed by atoms with Crippen LogP contribution >= 0.6 is 0 Å². The fraction of sp³-hybridized carbons (Fsp3) is 0.167. The fourth-order valence-electron chi connectivity index (χ4n) is 1.43. The molecule has 0 spiro atoms. The van der Waals surface area contributed by atoms with Gasteiger partial charge in [-0.15, -0.1) is 0 Å². The average molecular weight is 257 g/mol. The summed E-state index contributed by atoms with van der Waals surface area (Å²) in [6.45, 7) is 0.381. The molecular formula is C12H11N5O2. The maximum absolute atomic E-state index is 11.6. The summed E-state index contributed by atoms with van der Waals surface area (Å²) in [5.41, 5.74) is 1.05. The van der Waals surface area contributed by atoms with E-state index < -0.39 is 0 Å². The molecule has 0 aliphatic heterocycles. The van der Waals surface area contributed by atoms with E-state index in [-0.39, 0.29) is 6.03 Å². The molecule has 7 heteroatoms. The summed E-state index contributed by atoms with van der Waals surface area (Å²) in [5.74, 6) is 0.465. The van der Waals surface area contributed by atoms with Gasteiger partial charge in [0.1, 0.15) is 0 Å². The van der Waals surface area contributed by atoms with Crippen molar-refractivity contribution in [3.63, 3.8) is 0 Å². The quantitative estimate of drug-likeness (QED) is 0.859. The van der Waals surface area contributed by atoms with Crippen LogP contribution in [0.25, 0.3) is 0 Å². The Morgan fingerprint density at radius 3 is 3.11 bits per heavy atom. The molecule has 2 rings (SSSR count).